The van der Waals surface area contributed by atoms with E-state index in [2.05, 4.69) is 4.99 Å². The third-order valence-corrected chi connectivity index (χ3v) is 3.82. The Balaban J connectivity index is 2.01. The van der Waals surface area contributed by atoms with Crippen LogP contribution < -0.4 is 10.5 Å². The number of nitrogens with two attached hydrogens (primary N) is 1. The average molecular weight is 325 g/mol. The second-order valence-electron chi connectivity index (χ2n) is 4.19. The molecule has 0 aromatic heterocycles. The Labute approximate surface area is 132 Å². The van der Waals surface area contributed by atoms with Gasteiger partial charge in [0.05, 0.1) is 17.8 Å². The number of hydrogen-bond donors (Lipinski definition) is 1. The van der Waals surface area contributed by atoms with Gasteiger partial charge in [-0.15, -0.1) is 0 Å². The normalized spacial score (nSPS) is 11.5. The number of amidine groups is 1. The van der Waals surface area contributed by atoms with E-state index in [1.165, 1.54) is 30.0 Å². The lowest BCUT2D eigenvalue weighted by atomic mass is 10.2. The molecule has 0 aliphatic carbocycles. The van der Waals surface area contributed by atoms with Crippen LogP contribution in [0.1, 0.15) is 5.56 Å². The Morgan fingerprint density at radius 3 is 2.86 bits per heavy atom. The van der Waals surface area contributed by atoms with Crippen LogP contribution >= 0.6 is 23.4 Å². The van der Waals surface area contributed by atoms with Crippen LogP contribution in [0.4, 0.5) is 10.1 Å². The number of benzene rings is 2. The van der Waals surface area contributed by atoms with Crippen LogP contribution in [0.3, 0.4) is 0 Å². The van der Waals surface area contributed by atoms with Crippen LogP contribution in [0.5, 0.6) is 5.75 Å². The SMILES string of the molecule is COc1cccc(CSC(N)=Nc2ccc(F)c(Cl)c2)c1. The van der Waals surface area contributed by atoms with Crippen molar-refractivity contribution in [3.05, 3.63) is 58.9 Å². The number of aliphatic imine (C=N–C) groups is 1. The summed E-state index contributed by atoms with van der Waals surface area (Å²) < 4.78 is 18.2. The highest BCUT2D eigenvalue weighted by atomic mass is 35.5. The van der Waals surface area contributed by atoms with Crippen LogP contribution in [0.25, 0.3) is 0 Å². The van der Waals surface area contributed by atoms with E-state index in [1.54, 1.807) is 7.11 Å². The van der Waals surface area contributed by atoms with Gasteiger partial charge < -0.3 is 10.5 Å². The number of rotatable bonds is 4. The molecular weight excluding hydrogens is 311 g/mol. The summed E-state index contributed by atoms with van der Waals surface area (Å²) in [6, 6.07) is 12.0. The fraction of sp³-hybridized carbons (Fsp3) is 0.133. The summed E-state index contributed by atoms with van der Waals surface area (Å²) in [5.41, 5.74) is 7.46. The molecule has 0 spiro atoms. The van der Waals surface area contributed by atoms with Crippen molar-refractivity contribution in [2.24, 2.45) is 10.7 Å². The summed E-state index contributed by atoms with van der Waals surface area (Å²) in [4.78, 5) is 4.19. The average Bonchev–Trinajstić information content (AvgIpc) is 2.49. The van der Waals surface area contributed by atoms with Crippen LogP contribution in [0.2, 0.25) is 5.02 Å². The van der Waals surface area contributed by atoms with Crippen molar-refractivity contribution in [2.45, 2.75) is 5.75 Å². The first-order valence-corrected chi connectivity index (χ1v) is 7.50. The third-order valence-electron chi connectivity index (χ3n) is 2.66. The van der Waals surface area contributed by atoms with E-state index in [0.717, 1.165) is 11.3 Å². The van der Waals surface area contributed by atoms with Gasteiger partial charge >= 0.3 is 0 Å². The van der Waals surface area contributed by atoms with Gasteiger partial charge in [-0.05, 0) is 35.9 Å². The van der Waals surface area contributed by atoms with Crippen molar-refractivity contribution in [2.75, 3.05) is 7.11 Å². The molecule has 2 N–H and O–H groups in total. The Morgan fingerprint density at radius 1 is 1.33 bits per heavy atom. The van der Waals surface area contributed by atoms with Gasteiger partial charge in [0.2, 0.25) is 0 Å². The lowest BCUT2D eigenvalue weighted by Crippen LogP contribution is -2.06. The topological polar surface area (TPSA) is 47.6 Å². The standard InChI is InChI=1S/C15H14ClFN2OS/c1-20-12-4-2-3-10(7-12)9-21-15(18)19-11-5-6-14(17)13(16)8-11/h2-8H,9H2,1H3,(H2,18,19). The van der Waals surface area contributed by atoms with Crippen molar-refractivity contribution in [3.8, 4) is 5.75 Å². The highest BCUT2D eigenvalue weighted by Gasteiger charge is 2.02. The Bertz CT molecular complexity index is 664. The number of nitrogens with zero attached hydrogens (tertiary/aromatic N) is 1. The Hall–Kier alpha value is -1.72. The number of halogens is 2. The molecule has 2 aromatic rings. The molecule has 0 radical (unpaired) electrons. The van der Waals surface area contributed by atoms with E-state index >= 15 is 0 Å². The maximum Gasteiger partial charge on any atom is 0.159 e. The van der Waals surface area contributed by atoms with Gasteiger partial charge in [0.25, 0.3) is 0 Å². The molecule has 0 amide bonds. The van der Waals surface area contributed by atoms with E-state index in [-0.39, 0.29) is 5.02 Å². The van der Waals surface area contributed by atoms with Crippen molar-refractivity contribution in [3.63, 3.8) is 0 Å². The van der Waals surface area contributed by atoms with E-state index in [1.807, 2.05) is 24.3 Å². The molecule has 0 saturated heterocycles. The smallest absolute Gasteiger partial charge is 0.159 e. The number of thioether (sulfide) groups is 1. The molecule has 0 fully saturated rings. The van der Waals surface area contributed by atoms with Gasteiger partial charge in [-0.25, -0.2) is 9.38 Å². The lowest BCUT2D eigenvalue weighted by Gasteiger charge is -2.04. The van der Waals surface area contributed by atoms with Gasteiger partial charge in [-0.2, -0.15) is 0 Å². The first-order chi connectivity index (χ1) is 10.1. The molecule has 2 aromatic carbocycles. The zero-order valence-corrected chi connectivity index (χ0v) is 12.9. The van der Waals surface area contributed by atoms with Crippen molar-refractivity contribution in [1.29, 1.82) is 0 Å². The first-order valence-electron chi connectivity index (χ1n) is 6.13. The molecule has 21 heavy (non-hydrogen) atoms. The van der Waals surface area contributed by atoms with Crippen LogP contribution in [-0.2, 0) is 5.75 Å². The summed E-state index contributed by atoms with van der Waals surface area (Å²) in [6.45, 7) is 0. The van der Waals surface area contributed by atoms with E-state index in [9.17, 15) is 4.39 Å². The minimum atomic E-state index is -0.474. The minimum absolute atomic E-state index is 0.0295. The Kier molecular flexibility index (Phi) is 5.47. The second-order valence-corrected chi connectivity index (χ2v) is 5.59. The zero-order valence-electron chi connectivity index (χ0n) is 11.3. The summed E-state index contributed by atoms with van der Waals surface area (Å²) in [5.74, 6) is 0.994. The van der Waals surface area contributed by atoms with Crippen LogP contribution in [0, 0.1) is 5.82 Å². The van der Waals surface area contributed by atoms with E-state index < -0.39 is 5.82 Å². The fourth-order valence-electron chi connectivity index (χ4n) is 1.63. The lowest BCUT2D eigenvalue weighted by molar-refractivity contribution is 0.414. The van der Waals surface area contributed by atoms with E-state index in [0.29, 0.717) is 16.6 Å². The van der Waals surface area contributed by atoms with Gasteiger partial charge in [0.15, 0.2) is 5.17 Å². The molecule has 0 heterocycles. The monoisotopic (exact) mass is 324 g/mol. The van der Waals surface area contributed by atoms with E-state index in [4.69, 9.17) is 22.1 Å². The quantitative estimate of drug-likeness (QED) is 0.671. The summed E-state index contributed by atoms with van der Waals surface area (Å²) >= 11 is 7.09. The van der Waals surface area contributed by atoms with Crippen LogP contribution in [-0.4, -0.2) is 12.3 Å². The molecule has 6 heteroatoms. The van der Waals surface area contributed by atoms with Crippen LogP contribution in [0.15, 0.2) is 47.5 Å². The minimum Gasteiger partial charge on any atom is -0.497 e. The molecular formula is C15H14ClFN2OS. The van der Waals surface area contributed by atoms with Gasteiger partial charge in [0, 0.05) is 5.75 Å². The number of methoxy groups -OCH3 is 1. The highest BCUT2D eigenvalue weighted by Crippen LogP contribution is 2.23. The fourth-order valence-corrected chi connectivity index (χ4v) is 2.47. The van der Waals surface area contributed by atoms with Crippen molar-refractivity contribution < 1.29 is 9.13 Å². The summed E-state index contributed by atoms with van der Waals surface area (Å²) in [7, 11) is 1.63. The van der Waals surface area contributed by atoms with Gasteiger partial charge in [0.1, 0.15) is 11.6 Å². The van der Waals surface area contributed by atoms with Crippen molar-refractivity contribution in [1.82, 2.24) is 0 Å². The predicted molar refractivity (Wildman–Crippen MR) is 87.0 cm³/mol. The zero-order chi connectivity index (χ0) is 15.2. The summed E-state index contributed by atoms with van der Waals surface area (Å²) in [6.07, 6.45) is 0. The molecule has 0 atom stereocenters. The molecule has 3 nitrogen and oxygen atoms in total. The molecule has 2 rings (SSSR count). The molecule has 0 saturated carbocycles. The second kappa shape index (κ2) is 7.33. The highest BCUT2D eigenvalue weighted by molar-refractivity contribution is 8.13. The molecule has 110 valence electrons. The third kappa shape index (κ3) is 4.65. The maximum atomic E-state index is 13.0. The molecule has 0 unspecified atom stereocenters. The number of hydrogen-bond acceptors (Lipinski definition) is 3. The number of ether oxygens (including phenoxy) is 1. The predicted octanol–water partition coefficient (Wildman–Crippen LogP) is 4.37. The summed E-state index contributed by atoms with van der Waals surface area (Å²) in [5, 5.41) is 0.419. The first kappa shape index (κ1) is 15.7. The molecule has 0 bridgehead atoms. The van der Waals surface area contributed by atoms with Gasteiger partial charge in [-0.1, -0.05) is 35.5 Å². The van der Waals surface area contributed by atoms with Gasteiger partial charge in [-0.3, -0.25) is 0 Å². The van der Waals surface area contributed by atoms with Crippen molar-refractivity contribution >= 4 is 34.2 Å². The maximum absolute atomic E-state index is 13.0. The molecule has 0 aliphatic heterocycles. The largest absolute Gasteiger partial charge is 0.497 e. The molecule has 0 aliphatic rings. The Morgan fingerprint density at radius 2 is 2.14 bits per heavy atom.